The first-order valence-corrected chi connectivity index (χ1v) is 10.5. The summed E-state index contributed by atoms with van der Waals surface area (Å²) in [5.74, 6) is 0.440. The SMILES string of the molecule is CC1(C)CCN(C(=O)Nc2ccc(N3CCOCC3)cn2)CCS1(=O)=O. The number of carbonyl (C=O) groups is 1. The maximum atomic E-state index is 12.5. The molecule has 0 aliphatic carbocycles. The molecule has 8 nitrogen and oxygen atoms in total. The number of hydrogen-bond donors (Lipinski definition) is 1. The summed E-state index contributed by atoms with van der Waals surface area (Å²) in [6, 6.07) is 3.37. The highest BCUT2D eigenvalue weighted by Crippen LogP contribution is 2.25. The van der Waals surface area contributed by atoms with Crippen molar-refractivity contribution in [3.63, 3.8) is 0 Å². The molecule has 2 aliphatic rings. The molecule has 1 N–H and O–H groups in total. The van der Waals surface area contributed by atoms with Crippen molar-refractivity contribution in [1.82, 2.24) is 9.88 Å². The molecule has 1 aromatic heterocycles. The molecular weight excluding hydrogens is 356 g/mol. The molecule has 144 valence electrons. The number of hydrogen-bond acceptors (Lipinski definition) is 6. The predicted octanol–water partition coefficient (Wildman–Crippen LogP) is 1.35. The molecule has 0 spiro atoms. The van der Waals surface area contributed by atoms with E-state index < -0.39 is 14.6 Å². The first-order valence-electron chi connectivity index (χ1n) is 8.85. The normalized spacial score (nSPS) is 22.5. The van der Waals surface area contributed by atoms with E-state index in [9.17, 15) is 13.2 Å². The van der Waals surface area contributed by atoms with Gasteiger partial charge in [0, 0.05) is 26.2 Å². The molecule has 0 unspecified atom stereocenters. The highest BCUT2D eigenvalue weighted by molar-refractivity contribution is 7.92. The average Bonchev–Trinajstić information content (AvgIpc) is 2.72. The van der Waals surface area contributed by atoms with Gasteiger partial charge in [-0.05, 0) is 32.4 Å². The minimum atomic E-state index is -3.21. The number of aromatic nitrogens is 1. The van der Waals surface area contributed by atoms with Crippen molar-refractivity contribution in [2.45, 2.75) is 25.0 Å². The molecular formula is C17H26N4O4S. The number of amides is 2. The Hall–Kier alpha value is -1.87. The summed E-state index contributed by atoms with van der Waals surface area (Å²) >= 11 is 0. The van der Waals surface area contributed by atoms with Crippen LogP contribution in [-0.4, -0.2) is 74.2 Å². The molecule has 9 heteroatoms. The summed E-state index contributed by atoms with van der Waals surface area (Å²) in [6.45, 7) is 7.09. The van der Waals surface area contributed by atoms with E-state index in [1.807, 2.05) is 6.07 Å². The fraction of sp³-hybridized carbons (Fsp3) is 0.647. The third-order valence-electron chi connectivity index (χ3n) is 5.10. The topological polar surface area (TPSA) is 91.8 Å². The van der Waals surface area contributed by atoms with Crippen LogP contribution >= 0.6 is 0 Å². The van der Waals surface area contributed by atoms with Crippen LogP contribution in [-0.2, 0) is 14.6 Å². The second-order valence-corrected chi connectivity index (χ2v) is 9.99. The van der Waals surface area contributed by atoms with Gasteiger partial charge in [-0.3, -0.25) is 5.32 Å². The highest BCUT2D eigenvalue weighted by Gasteiger charge is 2.38. The Kier molecular flexibility index (Phi) is 5.38. The number of morpholine rings is 1. The molecule has 3 heterocycles. The number of nitrogens with zero attached hydrogens (tertiary/aromatic N) is 3. The van der Waals surface area contributed by atoms with E-state index >= 15 is 0 Å². The number of nitrogens with one attached hydrogen (secondary N) is 1. The molecule has 3 rings (SSSR count). The van der Waals surface area contributed by atoms with Crippen molar-refractivity contribution in [3.8, 4) is 0 Å². The molecule has 2 saturated heterocycles. The Labute approximate surface area is 154 Å². The molecule has 0 saturated carbocycles. The number of anilines is 2. The van der Waals surface area contributed by atoms with E-state index in [-0.39, 0.29) is 18.3 Å². The molecule has 0 radical (unpaired) electrons. The van der Waals surface area contributed by atoms with Crippen LogP contribution in [0.3, 0.4) is 0 Å². The molecule has 1 aromatic rings. The van der Waals surface area contributed by atoms with Gasteiger partial charge < -0.3 is 14.5 Å². The van der Waals surface area contributed by atoms with Gasteiger partial charge in [0.05, 0.1) is 35.6 Å². The van der Waals surface area contributed by atoms with Crippen LogP contribution in [0.4, 0.5) is 16.3 Å². The maximum Gasteiger partial charge on any atom is 0.323 e. The predicted molar refractivity (Wildman–Crippen MR) is 100 cm³/mol. The van der Waals surface area contributed by atoms with Gasteiger partial charge in [-0.15, -0.1) is 0 Å². The fourth-order valence-electron chi connectivity index (χ4n) is 3.04. The standard InChI is InChI=1S/C17H26N4O4S/c1-17(2)5-6-21(9-12-26(17,23)24)16(22)19-15-4-3-14(13-18-15)20-7-10-25-11-8-20/h3-4,13H,5-12H2,1-2H3,(H,18,19,22). The van der Waals surface area contributed by atoms with E-state index in [0.29, 0.717) is 32.0 Å². The van der Waals surface area contributed by atoms with Crippen molar-refractivity contribution < 1.29 is 17.9 Å². The largest absolute Gasteiger partial charge is 0.378 e. The Balaban J connectivity index is 1.61. The lowest BCUT2D eigenvalue weighted by molar-refractivity contribution is 0.122. The number of ether oxygens (including phenoxy) is 1. The second-order valence-electron chi connectivity index (χ2n) is 7.25. The van der Waals surface area contributed by atoms with Crippen LogP contribution in [0.25, 0.3) is 0 Å². The lowest BCUT2D eigenvalue weighted by Gasteiger charge is -2.28. The Bertz CT molecular complexity index is 743. The van der Waals surface area contributed by atoms with Crippen molar-refractivity contribution in [2.75, 3.05) is 55.4 Å². The fourth-order valence-corrected chi connectivity index (χ4v) is 4.45. The summed E-state index contributed by atoms with van der Waals surface area (Å²) in [5, 5.41) is 2.76. The summed E-state index contributed by atoms with van der Waals surface area (Å²) in [6.07, 6.45) is 2.16. The van der Waals surface area contributed by atoms with Crippen LogP contribution in [0.2, 0.25) is 0 Å². The zero-order chi connectivity index (χ0) is 18.8. The first-order chi connectivity index (χ1) is 12.3. The molecule has 0 bridgehead atoms. The van der Waals surface area contributed by atoms with E-state index in [0.717, 1.165) is 18.8 Å². The lowest BCUT2D eigenvalue weighted by Crippen LogP contribution is -2.37. The van der Waals surface area contributed by atoms with Crippen LogP contribution in [0, 0.1) is 0 Å². The molecule has 26 heavy (non-hydrogen) atoms. The molecule has 2 fully saturated rings. The van der Waals surface area contributed by atoms with E-state index in [4.69, 9.17) is 4.74 Å². The zero-order valence-corrected chi connectivity index (χ0v) is 16.1. The highest BCUT2D eigenvalue weighted by atomic mass is 32.2. The van der Waals surface area contributed by atoms with Gasteiger partial charge in [0.15, 0.2) is 9.84 Å². The summed E-state index contributed by atoms with van der Waals surface area (Å²) < 4.78 is 29.0. The van der Waals surface area contributed by atoms with Gasteiger partial charge in [-0.2, -0.15) is 0 Å². The minimum absolute atomic E-state index is 0.0170. The summed E-state index contributed by atoms with van der Waals surface area (Å²) in [4.78, 5) is 20.5. The Morgan fingerprint density at radius 2 is 1.92 bits per heavy atom. The number of carbonyl (C=O) groups excluding carboxylic acids is 1. The van der Waals surface area contributed by atoms with Gasteiger partial charge >= 0.3 is 6.03 Å². The summed E-state index contributed by atoms with van der Waals surface area (Å²) in [7, 11) is -3.21. The van der Waals surface area contributed by atoms with E-state index in [2.05, 4.69) is 15.2 Å². The summed E-state index contributed by atoms with van der Waals surface area (Å²) in [5.41, 5.74) is 0.994. The third kappa shape index (κ3) is 4.09. The Morgan fingerprint density at radius 1 is 1.19 bits per heavy atom. The van der Waals surface area contributed by atoms with Gasteiger partial charge in [0.1, 0.15) is 5.82 Å². The van der Waals surface area contributed by atoms with Crippen LogP contribution < -0.4 is 10.2 Å². The van der Waals surface area contributed by atoms with Crippen molar-refractivity contribution in [1.29, 1.82) is 0 Å². The third-order valence-corrected chi connectivity index (χ3v) is 7.71. The number of pyridine rings is 1. The Morgan fingerprint density at radius 3 is 2.58 bits per heavy atom. The van der Waals surface area contributed by atoms with Gasteiger partial charge in [-0.25, -0.2) is 18.2 Å². The van der Waals surface area contributed by atoms with Crippen LogP contribution in [0.15, 0.2) is 18.3 Å². The number of urea groups is 1. The van der Waals surface area contributed by atoms with Gasteiger partial charge in [0.2, 0.25) is 0 Å². The average molecular weight is 382 g/mol. The van der Waals surface area contributed by atoms with Crippen LogP contribution in [0.1, 0.15) is 20.3 Å². The van der Waals surface area contributed by atoms with Gasteiger partial charge in [0.25, 0.3) is 0 Å². The smallest absolute Gasteiger partial charge is 0.323 e. The first kappa shape index (κ1) is 18.9. The number of sulfone groups is 1. The maximum absolute atomic E-state index is 12.5. The second kappa shape index (κ2) is 7.40. The molecule has 2 amide bonds. The molecule has 0 atom stereocenters. The minimum Gasteiger partial charge on any atom is -0.378 e. The van der Waals surface area contributed by atoms with Gasteiger partial charge in [-0.1, -0.05) is 0 Å². The lowest BCUT2D eigenvalue weighted by atomic mass is 10.1. The van der Waals surface area contributed by atoms with Crippen molar-refractivity contribution in [2.24, 2.45) is 0 Å². The quantitative estimate of drug-likeness (QED) is 0.830. The molecule has 2 aliphatic heterocycles. The zero-order valence-electron chi connectivity index (χ0n) is 15.3. The van der Waals surface area contributed by atoms with Crippen molar-refractivity contribution >= 4 is 27.4 Å². The number of rotatable bonds is 2. The van der Waals surface area contributed by atoms with Crippen LogP contribution in [0.5, 0.6) is 0 Å². The van der Waals surface area contributed by atoms with E-state index in [1.54, 1.807) is 31.0 Å². The van der Waals surface area contributed by atoms with E-state index in [1.165, 1.54) is 0 Å². The molecule has 0 aromatic carbocycles. The van der Waals surface area contributed by atoms with Crippen molar-refractivity contribution in [3.05, 3.63) is 18.3 Å². The monoisotopic (exact) mass is 382 g/mol.